The van der Waals surface area contributed by atoms with E-state index in [4.69, 9.17) is 10.5 Å². The van der Waals surface area contributed by atoms with Gasteiger partial charge in [0, 0.05) is 30.1 Å². The maximum absolute atomic E-state index is 5.82. The molecule has 0 aliphatic heterocycles. The third kappa shape index (κ3) is 3.39. The largest absolute Gasteiger partial charge is 0.494 e. The van der Waals surface area contributed by atoms with E-state index in [-0.39, 0.29) is 0 Å². The Labute approximate surface area is 105 Å². The molecular weight excluding hydrogens is 232 g/mol. The molecule has 1 aromatic carbocycles. The topological polar surface area (TPSA) is 47.3 Å². The molecule has 0 unspecified atom stereocenters. The Balaban J connectivity index is 2.04. The maximum atomic E-state index is 5.82. The second-order valence-corrected chi connectivity index (χ2v) is 4.49. The number of nitrogens with one attached hydrogen (secondary N) is 1. The highest BCUT2D eigenvalue weighted by Gasteiger charge is 2.00. The lowest BCUT2D eigenvalue weighted by atomic mass is 10.2. The summed E-state index contributed by atoms with van der Waals surface area (Å²) in [6, 6.07) is 7.81. The first-order chi connectivity index (χ1) is 8.28. The van der Waals surface area contributed by atoms with Crippen molar-refractivity contribution in [3.63, 3.8) is 0 Å². The van der Waals surface area contributed by atoms with E-state index < -0.39 is 0 Å². The van der Waals surface area contributed by atoms with Crippen LogP contribution >= 0.6 is 11.3 Å². The maximum Gasteiger partial charge on any atom is 0.123 e. The predicted octanol–water partition coefficient (Wildman–Crippen LogP) is 3.34. The number of nitrogens with two attached hydrogens (primary N) is 1. The smallest absolute Gasteiger partial charge is 0.123 e. The van der Waals surface area contributed by atoms with Gasteiger partial charge in [-0.05, 0) is 35.4 Å². The van der Waals surface area contributed by atoms with Crippen LogP contribution in [0, 0.1) is 0 Å². The van der Waals surface area contributed by atoms with Crippen LogP contribution in [0.1, 0.15) is 12.5 Å². The Morgan fingerprint density at radius 3 is 2.94 bits per heavy atom. The molecule has 2 rings (SSSR count). The fourth-order valence-electron chi connectivity index (χ4n) is 1.57. The van der Waals surface area contributed by atoms with Crippen LogP contribution in [-0.2, 0) is 6.54 Å². The SMILES string of the molecule is CCOc1cc(N)cc(NCc2ccsc2)c1. The van der Waals surface area contributed by atoms with Crippen LogP contribution in [0.2, 0.25) is 0 Å². The van der Waals surface area contributed by atoms with E-state index in [1.165, 1.54) is 5.56 Å². The summed E-state index contributed by atoms with van der Waals surface area (Å²) in [5.74, 6) is 0.806. The van der Waals surface area contributed by atoms with Crippen molar-refractivity contribution < 1.29 is 4.74 Å². The van der Waals surface area contributed by atoms with E-state index in [1.54, 1.807) is 11.3 Å². The number of ether oxygens (including phenoxy) is 1. The second-order valence-electron chi connectivity index (χ2n) is 3.71. The Hall–Kier alpha value is -1.68. The standard InChI is InChI=1S/C13H16N2OS/c1-2-16-13-6-11(14)5-12(7-13)15-8-10-3-4-17-9-10/h3-7,9,15H,2,8,14H2,1H3. The second kappa shape index (κ2) is 5.59. The molecule has 0 bridgehead atoms. The molecule has 0 aliphatic carbocycles. The van der Waals surface area contributed by atoms with Crippen LogP contribution in [-0.4, -0.2) is 6.61 Å². The van der Waals surface area contributed by atoms with E-state index in [1.807, 2.05) is 25.1 Å². The minimum atomic E-state index is 0.646. The van der Waals surface area contributed by atoms with Gasteiger partial charge >= 0.3 is 0 Å². The molecule has 0 radical (unpaired) electrons. The number of hydrogen-bond acceptors (Lipinski definition) is 4. The summed E-state index contributed by atoms with van der Waals surface area (Å²) in [4.78, 5) is 0. The van der Waals surface area contributed by atoms with Crippen LogP contribution in [0.15, 0.2) is 35.0 Å². The lowest BCUT2D eigenvalue weighted by Gasteiger charge is -2.09. The van der Waals surface area contributed by atoms with Gasteiger partial charge in [-0.1, -0.05) is 0 Å². The first kappa shape index (κ1) is 11.8. The van der Waals surface area contributed by atoms with Crippen molar-refractivity contribution in [1.29, 1.82) is 0 Å². The number of anilines is 2. The van der Waals surface area contributed by atoms with Crippen molar-refractivity contribution in [2.24, 2.45) is 0 Å². The van der Waals surface area contributed by atoms with Crippen LogP contribution in [0.3, 0.4) is 0 Å². The van der Waals surface area contributed by atoms with Crippen LogP contribution < -0.4 is 15.8 Å². The van der Waals surface area contributed by atoms with Crippen LogP contribution in [0.25, 0.3) is 0 Å². The lowest BCUT2D eigenvalue weighted by Crippen LogP contribution is -2.00. The van der Waals surface area contributed by atoms with Gasteiger partial charge in [0.05, 0.1) is 6.61 Å². The molecule has 1 aromatic heterocycles. The van der Waals surface area contributed by atoms with Crippen LogP contribution in [0.4, 0.5) is 11.4 Å². The molecular formula is C13H16N2OS. The first-order valence-electron chi connectivity index (χ1n) is 5.56. The van der Waals surface area contributed by atoms with Gasteiger partial charge in [0.25, 0.3) is 0 Å². The molecule has 0 saturated carbocycles. The number of benzene rings is 1. The third-order valence-electron chi connectivity index (χ3n) is 2.32. The lowest BCUT2D eigenvalue weighted by molar-refractivity contribution is 0.340. The molecule has 0 spiro atoms. The van der Waals surface area contributed by atoms with Crippen molar-refractivity contribution in [3.8, 4) is 5.75 Å². The summed E-state index contributed by atoms with van der Waals surface area (Å²) in [6.45, 7) is 3.41. The first-order valence-corrected chi connectivity index (χ1v) is 6.50. The molecule has 1 heterocycles. The molecule has 0 atom stereocenters. The summed E-state index contributed by atoms with van der Waals surface area (Å²) in [7, 11) is 0. The van der Waals surface area contributed by atoms with Gasteiger partial charge in [-0.2, -0.15) is 11.3 Å². The normalized spacial score (nSPS) is 10.2. The predicted molar refractivity (Wildman–Crippen MR) is 73.7 cm³/mol. The highest BCUT2D eigenvalue weighted by Crippen LogP contribution is 2.23. The molecule has 3 nitrogen and oxygen atoms in total. The summed E-state index contributed by atoms with van der Waals surface area (Å²) in [5.41, 5.74) is 8.79. The Morgan fingerprint density at radius 1 is 1.35 bits per heavy atom. The van der Waals surface area contributed by atoms with Gasteiger partial charge < -0.3 is 15.8 Å². The van der Waals surface area contributed by atoms with Gasteiger partial charge in [0.1, 0.15) is 5.75 Å². The third-order valence-corrected chi connectivity index (χ3v) is 3.05. The van der Waals surface area contributed by atoms with Gasteiger partial charge in [0.15, 0.2) is 0 Å². The molecule has 0 aliphatic rings. The summed E-state index contributed by atoms with van der Waals surface area (Å²) in [6.07, 6.45) is 0. The zero-order valence-electron chi connectivity index (χ0n) is 9.77. The molecule has 0 saturated heterocycles. The van der Waals surface area contributed by atoms with Crippen molar-refractivity contribution in [3.05, 3.63) is 40.6 Å². The number of hydrogen-bond donors (Lipinski definition) is 2. The Morgan fingerprint density at radius 2 is 2.24 bits per heavy atom. The molecule has 17 heavy (non-hydrogen) atoms. The van der Waals surface area contributed by atoms with Gasteiger partial charge in [0.2, 0.25) is 0 Å². The molecule has 0 amide bonds. The Bertz CT molecular complexity index is 468. The van der Waals surface area contributed by atoms with Crippen molar-refractivity contribution in [2.75, 3.05) is 17.7 Å². The monoisotopic (exact) mass is 248 g/mol. The zero-order chi connectivity index (χ0) is 12.1. The highest BCUT2D eigenvalue weighted by molar-refractivity contribution is 7.07. The van der Waals surface area contributed by atoms with Crippen molar-refractivity contribution in [1.82, 2.24) is 0 Å². The molecule has 3 N–H and O–H groups in total. The van der Waals surface area contributed by atoms with Crippen molar-refractivity contribution in [2.45, 2.75) is 13.5 Å². The summed E-state index contributed by atoms with van der Waals surface area (Å²) < 4.78 is 5.45. The quantitative estimate of drug-likeness (QED) is 0.798. The number of rotatable bonds is 5. The van der Waals surface area contributed by atoms with E-state index in [2.05, 4.69) is 22.1 Å². The number of nitrogen functional groups attached to an aromatic ring is 1. The van der Waals surface area contributed by atoms with E-state index >= 15 is 0 Å². The fraction of sp³-hybridized carbons (Fsp3) is 0.231. The van der Waals surface area contributed by atoms with E-state index in [0.717, 1.165) is 18.0 Å². The van der Waals surface area contributed by atoms with E-state index in [0.29, 0.717) is 12.3 Å². The van der Waals surface area contributed by atoms with Gasteiger partial charge in [-0.3, -0.25) is 0 Å². The molecule has 90 valence electrons. The van der Waals surface area contributed by atoms with Crippen molar-refractivity contribution >= 4 is 22.7 Å². The van der Waals surface area contributed by atoms with E-state index in [9.17, 15) is 0 Å². The molecule has 4 heteroatoms. The molecule has 2 aromatic rings. The molecule has 0 fully saturated rings. The van der Waals surface area contributed by atoms with Gasteiger partial charge in [-0.15, -0.1) is 0 Å². The number of thiophene rings is 1. The average Bonchev–Trinajstić information content (AvgIpc) is 2.79. The summed E-state index contributed by atoms with van der Waals surface area (Å²) in [5, 5.41) is 7.53. The fourth-order valence-corrected chi connectivity index (χ4v) is 2.24. The zero-order valence-corrected chi connectivity index (χ0v) is 10.6. The minimum Gasteiger partial charge on any atom is -0.494 e. The highest BCUT2D eigenvalue weighted by atomic mass is 32.1. The average molecular weight is 248 g/mol. The van der Waals surface area contributed by atoms with Crippen LogP contribution in [0.5, 0.6) is 5.75 Å². The van der Waals surface area contributed by atoms with Gasteiger partial charge in [-0.25, -0.2) is 0 Å². The summed E-state index contributed by atoms with van der Waals surface area (Å²) >= 11 is 1.70. The minimum absolute atomic E-state index is 0.646. The Kier molecular flexibility index (Phi) is 3.88.